The quantitative estimate of drug-likeness (QED) is 0.371. The lowest BCUT2D eigenvalue weighted by Crippen LogP contribution is -2.13. The molecule has 0 aromatic rings. The van der Waals surface area contributed by atoms with Gasteiger partial charge in [0.15, 0.2) is 0 Å². The maximum Gasteiger partial charge on any atom is 0.206 e. The first-order valence-corrected chi connectivity index (χ1v) is 10.5. The van der Waals surface area contributed by atoms with Crippen LogP contribution in [-0.2, 0) is 4.79 Å². The molecule has 1 aliphatic carbocycles. The lowest BCUT2D eigenvalue weighted by Gasteiger charge is -2.18. The van der Waals surface area contributed by atoms with Gasteiger partial charge in [-0.2, -0.15) is 0 Å². The number of Topliss-reactive ketones (excluding diaryl/α,β-unsaturated/α-hetero) is 1. The zero-order chi connectivity index (χ0) is 18.1. The number of unbranched alkanes of at least 4 members (excludes halogenated alkanes) is 5. The van der Waals surface area contributed by atoms with Gasteiger partial charge in [0.1, 0.15) is 0 Å². The molecule has 134 valence electrons. The molecule has 0 atom stereocenters. The molecule has 2 rings (SSSR count). The summed E-state index contributed by atoms with van der Waals surface area (Å²) in [5.41, 5.74) is 2.14. The average Bonchev–Trinajstić information content (AvgIpc) is 2.61. The van der Waals surface area contributed by atoms with Crippen LogP contribution in [0.15, 0.2) is 69.0 Å². The Labute approximate surface area is 168 Å². The lowest BCUT2D eigenvalue weighted by atomic mass is 10.1. The number of carbonyl (C=O) groups excluding carboxylic acids is 1. The fraction of sp³-hybridized carbons (Fsp3) is 0.381. The highest BCUT2D eigenvalue weighted by Crippen LogP contribution is 2.26. The first kappa shape index (κ1) is 20.2. The maximum absolute atomic E-state index is 11.7. The smallest absolute Gasteiger partial charge is 0.206 e. The first-order valence-electron chi connectivity index (χ1n) is 8.93. The number of halogens is 2. The standard InChI is InChI=1S/C21H25Br2NO/c1-2-3-4-5-6-7-12-24-13-10-17(11-14-24)8-9-18-15-19(22)21(25)20(23)16-18/h8-11,13-16H,2-7,12H2,1H3. The summed E-state index contributed by atoms with van der Waals surface area (Å²) in [6.45, 7) is 3.34. The van der Waals surface area contributed by atoms with Crippen molar-refractivity contribution in [2.75, 3.05) is 6.54 Å². The van der Waals surface area contributed by atoms with Crippen LogP contribution in [-0.4, -0.2) is 17.2 Å². The predicted octanol–water partition coefficient (Wildman–Crippen LogP) is 6.68. The summed E-state index contributed by atoms with van der Waals surface area (Å²) in [6.07, 6.45) is 24.2. The molecule has 0 spiro atoms. The minimum absolute atomic E-state index is 0.0207. The van der Waals surface area contributed by atoms with E-state index in [1.807, 2.05) is 18.2 Å². The Balaban J connectivity index is 1.81. The second-order valence-electron chi connectivity index (χ2n) is 6.28. The largest absolute Gasteiger partial charge is 0.354 e. The van der Waals surface area contributed by atoms with Crippen molar-refractivity contribution < 1.29 is 4.79 Å². The molecule has 2 aliphatic rings. The molecule has 1 heterocycles. The van der Waals surface area contributed by atoms with Crippen molar-refractivity contribution in [2.45, 2.75) is 45.4 Å². The van der Waals surface area contributed by atoms with Gasteiger partial charge < -0.3 is 4.90 Å². The molecule has 0 saturated carbocycles. The van der Waals surface area contributed by atoms with Crippen molar-refractivity contribution in [3.63, 3.8) is 0 Å². The Morgan fingerprint density at radius 1 is 0.880 bits per heavy atom. The molecule has 2 nitrogen and oxygen atoms in total. The zero-order valence-corrected chi connectivity index (χ0v) is 17.9. The van der Waals surface area contributed by atoms with E-state index in [4.69, 9.17) is 0 Å². The van der Waals surface area contributed by atoms with Crippen LogP contribution < -0.4 is 0 Å². The summed E-state index contributed by atoms with van der Waals surface area (Å²) in [6, 6.07) is 0. The highest BCUT2D eigenvalue weighted by atomic mass is 79.9. The summed E-state index contributed by atoms with van der Waals surface area (Å²) >= 11 is 6.59. The maximum atomic E-state index is 11.7. The van der Waals surface area contributed by atoms with E-state index in [1.165, 1.54) is 38.5 Å². The average molecular weight is 467 g/mol. The summed E-state index contributed by atoms with van der Waals surface area (Å²) in [4.78, 5) is 13.9. The molecule has 0 unspecified atom stereocenters. The van der Waals surface area contributed by atoms with E-state index in [0.29, 0.717) is 8.96 Å². The van der Waals surface area contributed by atoms with E-state index in [2.05, 4.69) is 74.3 Å². The van der Waals surface area contributed by atoms with Gasteiger partial charge in [-0.15, -0.1) is 0 Å². The van der Waals surface area contributed by atoms with Crippen molar-refractivity contribution in [1.82, 2.24) is 4.90 Å². The molecule has 0 saturated heterocycles. The van der Waals surface area contributed by atoms with E-state index in [0.717, 1.165) is 17.7 Å². The Bertz CT molecular complexity index is 625. The molecule has 0 amide bonds. The fourth-order valence-corrected chi connectivity index (χ4v) is 3.89. The molecular weight excluding hydrogens is 442 g/mol. The number of ketones is 1. The number of allylic oxidation sites excluding steroid dienone is 10. The molecule has 4 heteroatoms. The number of carbonyl (C=O) groups is 1. The van der Waals surface area contributed by atoms with Crippen molar-refractivity contribution in [1.29, 1.82) is 0 Å². The van der Waals surface area contributed by atoms with E-state index in [-0.39, 0.29) is 5.78 Å². The molecule has 0 fully saturated rings. The van der Waals surface area contributed by atoms with Crippen molar-refractivity contribution in [2.24, 2.45) is 0 Å². The molecule has 0 N–H and O–H groups in total. The van der Waals surface area contributed by atoms with Gasteiger partial charge in [0.25, 0.3) is 0 Å². The van der Waals surface area contributed by atoms with Crippen LogP contribution in [0.3, 0.4) is 0 Å². The van der Waals surface area contributed by atoms with Crippen molar-refractivity contribution in [3.8, 4) is 0 Å². The van der Waals surface area contributed by atoms with Gasteiger partial charge in [0, 0.05) is 18.9 Å². The Morgan fingerprint density at radius 3 is 2.08 bits per heavy atom. The number of hydrogen-bond acceptors (Lipinski definition) is 2. The monoisotopic (exact) mass is 465 g/mol. The van der Waals surface area contributed by atoms with Crippen LogP contribution in [0.1, 0.15) is 45.4 Å². The highest BCUT2D eigenvalue weighted by molar-refractivity contribution is 9.13. The fourth-order valence-electron chi connectivity index (χ4n) is 2.67. The van der Waals surface area contributed by atoms with E-state index >= 15 is 0 Å². The van der Waals surface area contributed by atoms with Gasteiger partial charge in [-0.25, -0.2) is 0 Å². The molecule has 0 aromatic carbocycles. The van der Waals surface area contributed by atoms with Crippen LogP contribution in [0.25, 0.3) is 0 Å². The second-order valence-corrected chi connectivity index (χ2v) is 7.99. The number of rotatable bonds is 8. The minimum atomic E-state index is -0.0207. The van der Waals surface area contributed by atoms with Crippen LogP contribution in [0.5, 0.6) is 0 Å². The van der Waals surface area contributed by atoms with E-state index < -0.39 is 0 Å². The normalized spacial score (nSPS) is 16.9. The SMILES string of the molecule is CCCCCCCCN1C=CC(=CC=C2C=C(Br)C(=O)C(Br)=C2)C=C1. The second kappa shape index (κ2) is 10.8. The Hall–Kier alpha value is -1.13. The van der Waals surface area contributed by atoms with Crippen LogP contribution in [0.2, 0.25) is 0 Å². The summed E-state index contributed by atoms with van der Waals surface area (Å²) in [5, 5.41) is 0. The van der Waals surface area contributed by atoms with E-state index in [9.17, 15) is 4.79 Å². The summed E-state index contributed by atoms with van der Waals surface area (Å²) in [5.74, 6) is -0.0207. The highest BCUT2D eigenvalue weighted by Gasteiger charge is 2.15. The Kier molecular flexibility index (Phi) is 8.70. The predicted molar refractivity (Wildman–Crippen MR) is 114 cm³/mol. The van der Waals surface area contributed by atoms with E-state index in [1.54, 1.807) is 0 Å². The molecular formula is C21H25Br2NO. The van der Waals surface area contributed by atoms with Gasteiger partial charge in [0.2, 0.25) is 5.78 Å². The molecule has 0 bridgehead atoms. The van der Waals surface area contributed by atoms with Gasteiger partial charge in [-0.3, -0.25) is 4.79 Å². The Morgan fingerprint density at radius 2 is 1.44 bits per heavy atom. The van der Waals surface area contributed by atoms with Crippen molar-refractivity contribution in [3.05, 3.63) is 69.0 Å². The van der Waals surface area contributed by atoms with Gasteiger partial charge >= 0.3 is 0 Å². The molecule has 0 aromatic heterocycles. The van der Waals surface area contributed by atoms with Crippen LogP contribution in [0, 0.1) is 0 Å². The number of nitrogens with zero attached hydrogens (tertiary/aromatic N) is 1. The van der Waals surface area contributed by atoms with Gasteiger partial charge in [-0.1, -0.05) is 51.2 Å². The molecule has 0 radical (unpaired) electrons. The molecule has 1 aliphatic heterocycles. The molecule has 25 heavy (non-hydrogen) atoms. The zero-order valence-electron chi connectivity index (χ0n) is 14.7. The van der Waals surface area contributed by atoms with Crippen LogP contribution >= 0.6 is 31.9 Å². The minimum Gasteiger partial charge on any atom is -0.354 e. The number of hydrogen-bond donors (Lipinski definition) is 0. The first-order chi connectivity index (χ1) is 12.1. The summed E-state index contributed by atoms with van der Waals surface area (Å²) < 4.78 is 1.15. The summed E-state index contributed by atoms with van der Waals surface area (Å²) in [7, 11) is 0. The topological polar surface area (TPSA) is 20.3 Å². The van der Waals surface area contributed by atoms with Gasteiger partial charge in [0.05, 0.1) is 8.96 Å². The van der Waals surface area contributed by atoms with Crippen LogP contribution in [0.4, 0.5) is 0 Å². The van der Waals surface area contributed by atoms with Gasteiger partial charge in [-0.05, 0) is 73.7 Å². The lowest BCUT2D eigenvalue weighted by molar-refractivity contribution is -0.110. The van der Waals surface area contributed by atoms with Crippen molar-refractivity contribution >= 4 is 37.6 Å². The third-order valence-corrected chi connectivity index (χ3v) is 5.35. The third kappa shape index (κ3) is 6.95. The third-order valence-electron chi connectivity index (χ3n) is 4.18.